The minimum absolute atomic E-state index is 0.342. The largest absolute Gasteiger partial charge is 0.399 e. The van der Waals surface area contributed by atoms with E-state index >= 15 is 0 Å². The van der Waals surface area contributed by atoms with E-state index in [2.05, 4.69) is 12.1 Å². The second-order valence-corrected chi connectivity index (χ2v) is 5.77. The Morgan fingerprint density at radius 2 is 1.65 bits per heavy atom. The van der Waals surface area contributed by atoms with Gasteiger partial charge in [0, 0.05) is 25.3 Å². The fraction of sp³-hybridized carbons (Fsp3) is 0.538. The van der Waals surface area contributed by atoms with Crippen LogP contribution in [0.25, 0.3) is 0 Å². The van der Waals surface area contributed by atoms with Gasteiger partial charge in [-0.1, -0.05) is 12.1 Å². The number of aryl methyl sites for hydroxylation is 1. The monoisotopic (exact) mass is 253 g/mol. The number of rotatable bonds is 7. The Labute approximate surface area is 107 Å². The average molecular weight is 253 g/mol. The lowest BCUT2D eigenvalue weighted by atomic mass is 10.1. The molecule has 0 aliphatic carbocycles. The highest BCUT2D eigenvalue weighted by Gasteiger charge is 2.23. The van der Waals surface area contributed by atoms with Crippen LogP contribution in [0.5, 0.6) is 0 Å². The molecule has 0 atom stereocenters. The molecule has 96 valence electrons. The molecule has 0 bridgehead atoms. The van der Waals surface area contributed by atoms with Gasteiger partial charge in [-0.25, -0.2) is 0 Å². The summed E-state index contributed by atoms with van der Waals surface area (Å²) in [5.41, 5.74) is 7.40. The van der Waals surface area contributed by atoms with E-state index in [1.807, 2.05) is 26.0 Å². The molecule has 0 aliphatic heterocycles. The Kier molecular flexibility index (Phi) is 5.68. The molecule has 0 aromatic heterocycles. The van der Waals surface area contributed by atoms with E-state index in [1.165, 1.54) is 5.56 Å². The summed E-state index contributed by atoms with van der Waals surface area (Å²) >= 11 is 0. The lowest BCUT2D eigenvalue weighted by Crippen LogP contribution is -2.37. The summed E-state index contributed by atoms with van der Waals surface area (Å²) in [5, 5.41) is 0. The smallest absolute Gasteiger partial charge is 0.141 e. The maximum absolute atomic E-state index is 5.73. The first-order valence-corrected chi connectivity index (χ1v) is 7.22. The molecule has 0 saturated carbocycles. The van der Waals surface area contributed by atoms with Gasteiger partial charge in [-0.2, -0.15) is 0 Å². The van der Waals surface area contributed by atoms with Gasteiger partial charge in [0.2, 0.25) is 0 Å². The molecular weight excluding hydrogens is 230 g/mol. The van der Waals surface area contributed by atoms with Crippen molar-refractivity contribution in [3.05, 3.63) is 29.8 Å². The number of anilines is 1. The standard InChI is InChI=1S/C13H23NO2Si/c1-3-15-13(17,16-4-2)10-9-11-5-7-12(14)8-6-11/h5-8H,3-4,9-10,14H2,1-2,17H3. The van der Waals surface area contributed by atoms with E-state index in [9.17, 15) is 0 Å². The van der Waals surface area contributed by atoms with Crippen molar-refractivity contribution >= 4 is 15.9 Å². The van der Waals surface area contributed by atoms with E-state index in [1.54, 1.807) is 0 Å². The molecule has 1 aromatic rings. The minimum Gasteiger partial charge on any atom is -0.399 e. The van der Waals surface area contributed by atoms with Crippen LogP contribution < -0.4 is 5.73 Å². The summed E-state index contributed by atoms with van der Waals surface area (Å²) in [6.45, 7) is 5.42. The quantitative estimate of drug-likeness (QED) is 0.452. The van der Waals surface area contributed by atoms with Crippen molar-refractivity contribution in [2.45, 2.75) is 32.1 Å². The molecule has 0 saturated heterocycles. The Morgan fingerprint density at radius 1 is 1.12 bits per heavy atom. The summed E-state index contributed by atoms with van der Waals surface area (Å²) in [6.07, 6.45) is 1.87. The van der Waals surface area contributed by atoms with E-state index in [4.69, 9.17) is 15.2 Å². The molecule has 1 aromatic carbocycles. The summed E-state index contributed by atoms with van der Waals surface area (Å²) in [7, 11) is 0.878. The molecule has 0 unspecified atom stereocenters. The van der Waals surface area contributed by atoms with Crippen LogP contribution in [0.2, 0.25) is 0 Å². The molecule has 4 heteroatoms. The first-order chi connectivity index (χ1) is 8.09. The van der Waals surface area contributed by atoms with Crippen LogP contribution in [0.15, 0.2) is 24.3 Å². The van der Waals surface area contributed by atoms with E-state index in [0.717, 1.165) is 28.8 Å². The Balaban J connectivity index is 2.54. The normalized spacial score (nSPS) is 11.9. The first-order valence-electron chi connectivity index (χ1n) is 6.22. The van der Waals surface area contributed by atoms with Gasteiger partial charge in [-0.05, 0) is 38.0 Å². The van der Waals surface area contributed by atoms with Crippen molar-refractivity contribution in [1.29, 1.82) is 0 Å². The summed E-state index contributed by atoms with van der Waals surface area (Å²) < 4.78 is 11.5. The lowest BCUT2D eigenvalue weighted by Gasteiger charge is -2.29. The predicted molar refractivity (Wildman–Crippen MR) is 75.1 cm³/mol. The summed E-state index contributed by atoms with van der Waals surface area (Å²) in [5.74, 6) is 0. The highest BCUT2D eigenvalue weighted by molar-refractivity contribution is 6.13. The van der Waals surface area contributed by atoms with Gasteiger partial charge >= 0.3 is 0 Å². The van der Waals surface area contributed by atoms with Gasteiger partial charge in [0.15, 0.2) is 0 Å². The molecule has 0 spiro atoms. The molecular formula is C13H23NO2Si. The van der Waals surface area contributed by atoms with Crippen LogP contribution in [0.1, 0.15) is 25.8 Å². The van der Waals surface area contributed by atoms with Gasteiger partial charge in [0.05, 0.1) is 10.2 Å². The first kappa shape index (κ1) is 14.2. The molecule has 3 nitrogen and oxygen atoms in total. The molecule has 0 aliphatic rings. The van der Waals surface area contributed by atoms with Gasteiger partial charge < -0.3 is 15.2 Å². The predicted octanol–water partition coefficient (Wildman–Crippen LogP) is 1.29. The Bertz CT molecular complexity index is 321. The van der Waals surface area contributed by atoms with Crippen molar-refractivity contribution < 1.29 is 9.47 Å². The minimum atomic E-state index is -0.342. The van der Waals surface area contributed by atoms with E-state index in [0.29, 0.717) is 13.2 Å². The zero-order valence-electron chi connectivity index (χ0n) is 11.0. The van der Waals surface area contributed by atoms with Crippen molar-refractivity contribution in [3.63, 3.8) is 0 Å². The zero-order valence-corrected chi connectivity index (χ0v) is 13.0. The van der Waals surface area contributed by atoms with Crippen LogP contribution in [0, 0.1) is 0 Å². The highest BCUT2D eigenvalue weighted by atomic mass is 28.1. The molecule has 17 heavy (non-hydrogen) atoms. The topological polar surface area (TPSA) is 44.5 Å². The molecule has 0 amide bonds. The van der Waals surface area contributed by atoms with Crippen LogP contribution in [0.3, 0.4) is 0 Å². The van der Waals surface area contributed by atoms with Gasteiger partial charge in [0.25, 0.3) is 0 Å². The second kappa shape index (κ2) is 6.79. The summed E-state index contributed by atoms with van der Waals surface area (Å²) in [4.78, 5) is 0. The van der Waals surface area contributed by atoms with Crippen LogP contribution >= 0.6 is 0 Å². The number of benzene rings is 1. The number of ether oxygens (including phenoxy) is 2. The number of nitrogen functional groups attached to an aromatic ring is 1. The third kappa shape index (κ3) is 4.89. The Hall–Kier alpha value is -0.843. The molecule has 0 radical (unpaired) electrons. The molecule has 0 fully saturated rings. The van der Waals surface area contributed by atoms with Gasteiger partial charge in [-0.3, -0.25) is 0 Å². The van der Waals surface area contributed by atoms with Crippen LogP contribution in [-0.4, -0.2) is 28.9 Å². The van der Waals surface area contributed by atoms with Gasteiger partial charge in [0.1, 0.15) is 5.41 Å². The van der Waals surface area contributed by atoms with Crippen molar-refractivity contribution in [2.24, 2.45) is 0 Å². The zero-order chi connectivity index (χ0) is 12.7. The number of hydrogen-bond acceptors (Lipinski definition) is 3. The van der Waals surface area contributed by atoms with Crippen molar-refractivity contribution in [1.82, 2.24) is 0 Å². The molecule has 1 rings (SSSR count). The second-order valence-electron chi connectivity index (χ2n) is 4.24. The maximum atomic E-state index is 5.73. The van der Waals surface area contributed by atoms with E-state index < -0.39 is 0 Å². The molecule has 0 heterocycles. The lowest BCUT2D eigenvalue weighted by molar-refractivity contribution is -0.176. The van der Waals surface area contributed by atoms with Crippen molar-refractivity contribution in [2.75, 3.05) is 18.9 Å². The fourth-order valence-electron chi connectivity index (χ4n) is 1.85. The third-order valence-corrected chi connectivity index (χ3v) is 3.82. The van der Waals surface area contributed by atoms with Crippen LogP contribution in [0.4, 0.5) is 5.69 Å². The van der Waals surface area contributed by atoms with E-state index in [-0.39, 0.29) is 5.41 Å². The average Bonchev–Trinajstić information content (AvgIpc) is 2.29. The summed E-state index contributed by atoms with van der Waals surface area (Å²) in [6, 6.07) is 8.00. The number of hydrogen-bond donors (Lipinski definition) is 1. The third-order valence-electron chi connectivity index (χ3n) is 2.75. The highest BCUT2D eigenvalue weighted by Crippen LogP contribution is 2.18. The van der Waals surface area contributed by atoms with Crippen molar-refractivity contribution in [3.8, 4) is 0 Å². The maximum Gasteiger partial charge on any atom is 0.141 e. The Morgan fingerprint density at radius 3 is 2.12 bits per heavy atom. The molecule has 2 N–H and O–H groups in total. The van der Waals surface area contributed by atoms with Gasteiger partial charge in [-0.15, -0.1) is 0 Å². The fourth-order valence-corrected chi connectivity index (χ4v) is 2.68. The SMILES string of the molecule is CCOC([SiH3])(CCc1ccc(N)cc1)OCC. The number of nitrogens with two attached hydrogens (primary N) is 1. The van der Waals surface area contributed by atoms with Crippen LogP contribution in [-0.2, 0) is 15.9 Å².